The van der Waals surface area contributed by atoms with Crippen LogP contribution in [0.4, 0.5) is 5.69 Å². The number of Topliss-reactive ketones (excluding diaryl/α,β-unsaturated/α-hetero) is 1. The van der Waals surface area contributed by atoms with Crippen molar-refractivity contribution in [3.05, 3.63) is 62.1 Å². The summed E-state index contributed by atoms with van der Waals surface area (Å²) < 4.78 is 5.47. The fraction of sp³-hybridized carbons (Fsp3) is 0.588. The number of H-pyrrole nitrogens is 1. The van der Waals surface area contributed by atoms with Crippen molar-refractivity contribution in [1.82, 2.24) is 20.1 Å². The van der Waals surface area contributed by atoms with Gasteiger partial charge in [-0.1, -0.05) is 11.8 Å². The van der Waals surface area contributed by atoms with Crippen LogP contribution in [0.25, 0.3) is 0 Å². The third-order valence-corrected chi connectivity index (χ3v) is 8.89. The zero-order valence-electron chi connectivity index (χ0n) is 26.4. The van der Waals surface area contributed by atoms with Crippen LogP contribution >= 0.6 is 0 Å². The first kappa shape index (κ1) is 32.0. The summed E-state index contributed by atoms with van der Waals surface area (Å²) in [5.74, 6) is 6.74. The smallest absolute Gasteiger partial charge is 0.252 e. The Morgan fingerprint density at radius 1 is 1.07 bits per heavy atom. The predicted octanol–water partition coefficient (Wildman–Crippen LogP) is 3.66. The highest BCUT2D eigenvalue weighted by molar-refractivity contribution is 6.00. The van der Waals surface area contributed by atoms with Crippen molar-refractivity contribution < 1.29 is 9.53 Å². The van der Waals surface area contributed by atoms with Gasteiger partial charge in [0.15, 0.2) is 5.78 Å². The molecule has 1 aliphatic carbocycles. The van der Waals surface area contributed by atoms with Crippen LogP contribution in [0.1, 0.15) is 70.9 Å². The molecule has 0 unspecified atom stereocenters. The van der Waals surface area contributed by atoms with E-state index in [-0.39, 0.29) is 17.9 Å². The molecule has 8 heteroatoms. The molecule has 1 aromatic heterocycles. The number of carbonyl (C=O) groups excluding carboxylic acids is 1. The molecular formula is C34H49N5O3. The summed E-state index contributed by atoms with van der Waals surface area (Å²) in [5, 5.41) is 3.23. The van der Waals surface area contributed by atoms with Crippen molar-refractivity contribution in [2.24, 2.45) is 0 Å². The van der Waals surface area contributed by atoms with Crippen LogP contribution in [0.5, 0.6) is 0 Å². The Morgan fingerprint density at radius 3 is 2.40 bits per heavy atom. The molecule has 1 saturated heterocycles. The van der Waals surface area contributed by atoms with Gasteiger partial charge in [0, 0.05) is 66.3 Å². The molecule has 2 aromatic rings. The summed E-state index contributed by atoms with van der Waals surface area (Å²) in [6, 6.07) is 7.17. The topological polar surface area (TPSA) is 80.9 Å². The van der Waals surface area contributed by atoms with E-state index in [9.17, 15) is 9.59 Å². The fourth-order valence-corrected chi connectivity index (χ4v) is 6.38. The first-order chi connectivity index (χ1) is 20.2. The van der Waals surface area contributed by atoms with Gasteiger partial charge in [-0.2, -0.15) is 0 Å². The van der Waals surface area contributed by atoms with E-state index >= 15 is 0 Å². The monoisotopic (exact) mass is 575 g/mol. The molecule has 2 fully saturated rings. The molecule has 4 rings (SSSR count). The van der Waals surface area contributed by atoms with Gasteiger partial charge < -0.3 is 24.8 Å². The number of aromatic amines is 1. The molecule has 42 heavy (non-hydrogen) atoms. The lowest BCUT2D eigenvalue weighted by molar-refractivity contribution is 0.0443. The second-order valence-electron chi connectivity index (χ2n) is 12.0. The van der Waals surface area contributed by atoms with Gasteiger partial charge >= 0.3 is 0 Å². The molecule has 0 bridgehead atoms. The normalized spacial score (nSPS) is 19.4. The van der Waals surface area contributed by atoms with Gasteiger partial charge in [0.25, 0.3) is 5.56 Å². The lowest BCUT2D eigenvalue weighted by Gasteiger charge is -2.40. The fourth-order valence-electron chi connectivity index (χ4n) is 6.38. The third-order valence-electron chi connectivity index (χ3n) is 8.89. The second kappa shape index (κ2) is 15.0. The lowest BCUT2D eigenvalue weighted by atomic mass is 9.88. The van der Waals surface area contributed by atoms with E-state index in [1.165, 1.54) is 12.8 Å². The quantitative estimate of drug-likeness (QED) is 0.331. The van der Waals surface area contributed by atoms with Gasteiger partial charge in [0.05, 0.1) is 26.3 Å². The molecular weight excluding hydrogens is 526 g/mol. The third kappa shape index (κ3) is 8.11. The number of anilines is 1. The zero-order valence-corrected chi connectivity index (χ0v) is 26.4. The first-order valence-corrected chi connectivity index (χ1v) is 15.5. The van der Waals surface area contributed by atoms with E-state index in [1.807, 2.05) is 26.0 Å². The molecule has 0 atom stereocenters. The van der Waals surface area contributed by atoms with Crippen LogP contribution in [0.2, 0.25) is 0 Å². The Morgan fingerprint density at radius 2 is 1.76 bits per heavy atom. The first-order valence-electron chi connectivity index (χ1n) is 15.5. The van der Waals surface area contributed by atoms with E-state index in [0.717, 1.165) is 73.8 Å². The molecule has 2 heterocycles. The number of ether oxygens (including phenoxy) is 1. The van der Waals surface area contributed by atoms with Crippen LogP contribution in [0, 0.1) is 32.6 Å². The molecule has 0 spiro atoms. The van der Waals surface area contributed by atoms with Crippen molar-refractivity contribution >= 4 is 11.5 Å². The summed E-state index contributed by atoms with van der Waals surface area (Å²) in [6.07, 6.45) is 4.63. The van der Waals surface area contributed by atoms with E-state index in [1.54, 1.807) is 0 Å². The molecule has 1 saturated carbocycles. The number of rotatable bonds is 10. The molecule has 2 N–H and O–H groups in total. The predicted molar refractivity (Wildman–Crippen MR) is 171 cm³/mol. The second-order valence-corrected chi connectivity index (χ2v) is 12.0. The van der Waals surface area contributed by atoms with Crippen molar-refractivity contribution in [2.45, 2.75) is 72.0 Å². The molecule has 1 aromatic carbocycles. The lowest BCUT2D eigenvalue weighted by Crippen LogP contribution is -2.42. The number of nitrogens with zero attached hydrogens (tertiary/aromatic N) is 3. The summed E-state index contributed by atoms with van der Waals surface area (Å²) >= 11 is 0. The number of aryl methyl sites for hydroxylation is 2. The Balaban J connectivity index is 1.57. The average molecular weight is 576 g/mol. The van der Waals surface area contributed by atoms with Crippen LogP contribution in [-0.4, -0.2) is 92.7 Å². The van der Waals surface area contributed by atoms with E-state index in [0.29, 0.717) is 36.3 Å². The number of aromatic nitrogens is 1. The van der Waals surface area contributed by atoms with Gasteiger partial charge in [-0.15, -0.1) is 0 Å². The maximum atomic E-state index is 13.7. The van der Waals surface area contributed by atoms with Gasteiger partial charge in [-0.3, -0.25) is 14.5 Å². The van der Waals surface area contributed by atoms with Crippen molar-refractivity contribution in [1.29, 1.82) is 0 Å². The average Bonchev–Trinajstić information content (AvgIpc) is 2.97. The Kier molecular flexibility index (Phi) is 11.4. The molecule has 8 nitrogen and oxygen atoms in total. The van der Waals surface area contributed by atoms with Crippen LogP contribution in [-0.2, 0) is 11.3 Å². The summed E-state index contributed by atoms with van der Waals surface area (Å²) in [7, 11) is 4.35. The van der Waals surface area contributed by atoms with E-state index < -0.39 is 0 Å². The van der Waals surface area contributed by atoms with Gasteiger partial charge in [-0.25, -0.2) is 0 Å². The number of hydrogen-bond donors (Lipinski definition) is 2. The number of carbonyl (C=O) groups is 1. The standard InChI is InChI=1S/C34H49N5O3/c1-7-39(29-12-10-28(11-13-29)37(5)6)32-21-27(9-8-14-38-15-17-42-18-16-38)20-30(26(32)4)33(40)23-35-22-31-24(2)19-25(3)36-34(31)41/h19-21,28-29,35H,7,10-18,22-23H2,1-6H3,(H,36,41). The minimum atomic E-state index is -0.106. The number of benzene rings is 1. The maximum Gasteiger partial charge on any atom is 0.252 e. The highest BCUT2D eigenvalue weighted by Gasteiger charge is 2.28. The van der Waals surface area contributed by atoms with E-state index in [4.69, 9.17) is 4.74 Å². The Bertz CT molecular complexity index is 1340. The van der Waals surface area contributed by atoms with Gasteiger partial charge in [0.1, 0.15) is 0 Å². The van der Waals surface area contributed by atoms with Crippen molar-refractivity contribution in [3.8, 4) is 11.8 Å². The number of ketones is 1. The SMILES string of the molecule is CCN(c1cc(C#CCN2CCOCC2)cc(C(=O)CNCc2c(C)cc(C)[nH]c2=O)c1C)C1CCC(N(C)C)CC1. The van der Waals surface area contributed by atoms with Crippen LogP contribution in [0.15, 0.2) is 23.0 Å². The molecule has 1 aliphatic heterocycles. The molecule has 228 valence electrons. The molecule has 0 amide bonds. The number of morpholine rings is 1. The van der Waals surface area contributed by atoms with Crippen LogP contribution in [0.3, 0.4) is 0 Å². The minimum Gasteiger partial charge on any atom is -0.379 e. The van der Waals surface area contributed by atoms with Gasteiger partial charge in [-0.05, 0) is 96.8 Å². The maximum absolute atomic E-state index is 13.7. The highest BCUT2D eigenvalue weighted by Crippen LogP contribution is 2.33. The zero-order chi connectivity index (χ0) is 30.2. The largest absolute Gasteiger partial charge is 0.379 e. The number of nitrogens with one attached hydrogen (secondary N) is 2. The summed E-state index contributed by atoms with van der Waals surface area (Å²) in [5.41, 5.74) is 6.01. The number of hydrogen-bond acceptors (Lipinski definition) is 7. The summed E-state index contributed by atoms with van der Waals surface area (Å²) in [4.78, 5) is 36.1. The highest BCUT2D eigenvalue weighted by atomic mass is 16.5. The number of pyridine rings is 1. The Labute approximate surface area is 251 Å². The Hall–Kier alpha value is -2.96. The molecule has 2 aliphatic rings. The van der Waals surface area contributed by atoms with Crippen molar-refractivity contribution in [3.63, 3.8) is 0 Å². The van der Waals surface area contributed by atoms with Gasteiger partial charge in [0.2, 0.25) is 0 Å². The molecule has 0 radical (unpaired) electrons. The minimum absolute atomic E-state index is 0.0131. The van der Waals surface area contributed by atoms with E-state index in [2.05, 4.69) is 70.9 Å². The van der Waals surface area contributed by atoms with Crippen molar-refractivity contribution in [2.75, 3.05) is 64.9 Å². The van der Waals surface area contributed by atoms with Crippen LogP contribution < -0.4 is 15.8 Å². The summed E-state index contributed by atoms with van der Waals surface area (Å²) in [6.45, 7) is 13.4.